The Bertz CT molecular complexity index is 981. The molecule has 5 rings (SSSR count). The predicted molar refractivity (Wildman–Crippen MR) is 98.1 cm³/mol. The second-order valence-corrected chi connectivity index (χ2v) is 7.70. The Hall–Kier alpha value is -2.41. The fraction of sp³-hybridized carbons (Fsp3) is 0.261. The lowest BCUT2D eigenvalue weighted by Gasteiger charge is -2.24. The van der Waals surface area contributed by atoms with Crippen molar-refractivity contribution in [2.45, 2.75) is 38.6 Å². The highest BCUT2D eigenvalue weighted by Gasteiger charge is 2.46. The summed E-state index contributed by atoms with van der Waals surface area (Å²) in [7, 11) is 0. The van der Waals surface area contributed by atoms with Crippen LogP contribution in [0.3, 0.4) is 0 Å². The third-order valence-corrected chi connectivity index (χ3v) is 6.10. The highest BCUT2D eigenvalue weighted by atomic mass is 15.1. The number of nitrogens with zero attached hydrogens (tertiary/aromatic N) is 1. The van der Waals surface area contributed by atoms with Crippen molar-refractivity contribution >= 4 is 0 Å². The van der Waals surface area contributed by atoms with Crippen molar-refractivity contribution in [1.29, 1.82) is 0 Å². The van der Waals surface area contributed by atoms with Crippen LogP contribution < -0.4 is 4.57 Å². The second-order valence-electron chi connectivity index (χ2n) is 7.70. The topological polar surface area (TPSA) is 3.88 Å². The first-order valence-corrected chi connectivity index (χ1v) is 8.90. The second kappa shape index (κ2) is 4.57. The van der Waals surface area contributed by atoms with E-state index in [1.807, 2.05) is 0 Å². The van der Waals surface area contributed by atoms with Gasteiger partial charge in [0.25, 0.3) is 0 Å². The first-order chi connectivity index (χ1) is 11.6. The van der Waals surface area contributed by atoms with Crippen molar-refractivity contribution in [2.24, 2.45) is 0 Å². The average Bonchev–Trinajstić information content (AvgIpc) is 3.13. The van der Waals surface area contributed by atoms with Crippen LogP contribution in [0.2, 0.25) is 0 Å². The minimum atomic E-state index is 0.218. The lowest BCUT2D eigenvalue weighted by molar-refractivity contribution is -0.672. The van der Waals surface area contributed by atoms with Crippen molar-refractivity contribution in [2.75, 3.05) is 0 Å². The molecular formula is C23H22N+. The van der Waals surface area contributed by atoms with Gasteiger partial charge in [-0.25, -0.2) is 0 Å². The summed E-state index contributed by atoms with van der Waals surface area (Å²) in [6, 6.07) is 23.1. The predicted octanol–water partition coefficient (Wildman–Crippen LogP) is 5.26. The van der Waals surface area contributed by atoms with Crippen LogP contribution in [0.4, 0.5) is 0 Å². The quantitative estimate of drug-likeness (QED) is 0.391. The van der Waals surface area contributed by atoms with Gasteiger partial charge in [-0.1, -0.05) is 45.0 Å². The number of benzene rings is 2. The monoisotopic (exact) mass is 312 g/mol. The Kier molecular flexibility index (Phi) is 2.66. The molecule has 0 aliphatic carbocycles. The number of fused-ring (bicyclic) bond motifs is 6. The molecule has 0 bridgehead atoms. The SMILES string of the molecule is CCC(C)(C)c1ccc2c(c1)C1c3ccccc3-c3cccc-2[n+]31. The Balaban J connectivity index is 1.81. The van der Waals surface area contributed by atoms with Crippen LogP contribution in [0.1, 0.15) is 49.9 Å². The highest BCUT2D eigenvalue weighted by molar-refractivity contribution is 5.75. The van der Waals surface area contributed by atoms with Crippen LogP contribution in [0.15, 0.2) is 60.7 Å². The van der Waals surface area contributed by atoms with Crippen molar-refractivity contribution in [3.05, 3.63) is 77.4 Å². The summed E-state index contributed by atoms with van der Waals surface area (Å²) in [6.45, 7) is 6.97. The minimum Gasteiger partial charge on any atom is -0.180 e. The van der Waals surface area contributed by atoms with E-state index < -0.39 is 0 Å². The van der Waals surface area contributed by atoms with E-state index in [0.29, 0.717) is 6.04 Å². The summed E-state index contributed by atoms with van der Waals surface area (Å²) < 4.78 is 2.53. The van der Waals surface area contributed by atoms with Gasteiger partial charge in [-0.3, -0.25) is 0 Å². The minimum absolute atomic E-state index is 0.218. The van der Waals surface area contributed by atoms with Gasteiger partial charge in [0.1, 0.15) is 0 Å². The molecule has 0 radical (unpaired) electrons. The molecule has 1 nitrogen and oxygen atoms in total. The molecular weight excluding hydrogens is 290 g/mol. The van der Waals surface area contributed by atoms with E-state index in [0.717, 1.165) is 6.42 Å². The summed E-state index contributed by atoms with van der Waals surface area (Å²) in [4.78, 5) is 0. The van der Waals surface area contributed by atoms with Gasteiger partial charge < -0.3 is 0 Å². The van der Waals surface area contributed by atoms with Crippen LogP contribution in [0, 0.1) is 0 Å². The van der Waals surface area contributed by atoms with E-state index in [9.17, 15) is 0 Å². The van der Waals surface area contributed by atoms with Gasteiger partial charge in [0.2, 0.25) is 17.4 Å². The van der Waals surface area contributed by atoms with Crippen LogP contribution in [0.5, 0.6) is 0 Å². The molecule has 2 aliphatic rings. The van der Waals surface area contributed by atoms with Gasteiger partial charge >= 0.3 is 0 Å². The number of pyridine rings is 1. The van der Waals surface area contributed by atoms with Crippen molar-refractivity contribution in [3.8, 4) is 22.5 Å². The van der Waals surface area contributed by atoms with Gasteiger partial charge in [0.15, 0.2) is 0 Å². The molecule has 3 aromatic rings. The molecule has 0 amide bonds. The number of hydrogen-bond acceptors (Lipinski definition) is 0. The van der Waals surface area contributed by atoms with Crippen LogP contribution in [-0.2, 0) is 5.41 Å². The standard InChI is InChI=1S/C23H22N/c1-4-23(2,3)15-12-13-17-19(14-15)22-18-9-6-5-8-16(18)20-10-7-11-21(17)24(20)22/h5-14,22H,4H2,1-3H3/q+1. The Labute approximate surface area is 143 Å². The van der Waals surface area contributed by atoms with Crippen LogP contribution in [0.25, 0.3) is 22.5 Å². The molecule has 0 fully saturated rings. The molecule has 0 saturated heterocycles. The Morgan fingerprint density at radius 3 is 2.29 bits per heavy atom. The smallest absolute Gasteiger partial charge is 0.180 e. The van der Waals surface area contributed by atoms with Gasteiger partial charge in [-0.2, -0.15) is 4.57 Å². The number of aromatic nitrogens is 1. The average molecular weight is 312 g/mol. The highest BCUT2D eigenvalue weighted by Crippen LogP contribution is 2.46. The zero-order valence-electron chi connectivity index (χ0n) is 14.5. The zero-order valence-corrected chi connectivity index (χ0v) is 14.5. The third-order valence-electron chi connectivity index (χ3n) is 6.10. The van der Waals surface area contributed by atoms with Gasteiger partial charge in [-0.05, 0) is 41.7 Å². The molecule has 1 unspecified atom stereocenters. The third kappa shape index (κ3) is 1.62. The molecule has 24 heavy (non-hydrogen) atoms. The van der Waals surface area contributed by atoms with E-state index in [1.165, 1.54) is 39.2 Å². The molecule has 1 heteroatoms. The van der Waals surface area contributed by atoms with Gasteiger partial charge in [-0.15, -0.1) is 0 Å². The van der Waals surface area contributed by atoms with Gasteiger partial charge in [0, 0.05) is 23.3 Å². The van der Waals surface area contributed by atoms with Crippen molar-refractivity contribution < 1.29 is 4.57 Å². The van der Waals surface area contributed by atoms with E-state index in [1.54, 1.807) is 0 Å². The first-order valence-electron chi connectivity index (χ1n) is 8.90. The molecule has 0 spiro atoms. The number of hydrogen-bond donors (Lipinski definition) is 0. The zero-order chi connectivity index (χ0) is 16.5. The normalized spacial score (nSPS) is 16.7. The lowest BCUT2D eigenvalue weighted by atomic mass is 9.80. The maximum absolute atomic E-state index is 2.53. The first kappa shape index (κ1) is 14.0. The molecule has 1 atom stereocenters. The number of rotatable bonds is 2. The summed E-state index contributed by atoms with van der Waals surface area (Å²) >= 11 is 0. The summed E-state index contributed by atoms with van der Waals surface area (Å²) in [5, 5.41) is 0. The van der Waals surface area contributed by atoms with Crippen LogP contribution in [-0.4, -0.2) is 0 Å². The molecule has 2 aromatic carbocycles. The van der Waals surface area contributed by atoms with Crippen LogP contribution >= 0.6 is 0 Å². The van der Waals surface area contributed by atoms with Crippen molar-refractivity contribution in [1.82, 2.24) is 0 Å². The maximum Gasteiger partial charge on any atom is 0.214 e. The van der Waals surface area contributed by atoms with E-state index in [4.69, 9.17) is 0 Å². The fourth-order valence-corrected chi connectivity index (χ4v) is 4.30. The van der Waals surface area contributed by atoms with E-state index in [-0.39, 0.29) is 5.41 Å². The van der Waals surface area contributed by atoms with Crippen molar-refractivity contribution in [3.63, 3.8) is 0 Å². The molecule has 0 saturated carbocycles. The molecule has 118 valence electrons. The van der Waals surface area contributed by atoms with E-state index >= 15 is 0 Å². The van der Waals surface area contributed by atoms with E-state index in [2.05, 4.69) is 86.0 Å². The largest absolute Gasteiger partial charge is 0.214 e. The summed E-state index contributed by atoms with van der Waals surface area (Å²) in [5.74, 6) is 0. The Morgan fingerprint density at radius 2 is 1.54 bits per heavy atom. The summed E-state index contributed by atoms with van der Waals surface area (Å²) in [6.07, 6.45) is 1.15. The molecule has 2 aliphatic heterocycles. The summed E-state index contributed by atoms with van der Waals surface area (Å²) in [5.41, 5.74) is 10.0. The fourth-order valence-electron chi connectivity index (χ4n) is 4.30. The molecule has 3 heterocycles. The molecule has 0 N–H and O–H groups in total. The maximum atomic E-state index is 2.53. The lowest BCUT2D eigenvalue weighted by Crippen LogP contribution is -2.36. The Morgan fingerprint density at radius 1 is 0.833 bits per heavy atom. The van der Waals surface area contributed by atoms with Gasteiger partial charge in [0.05, 0.1) is 11.1 Å². The molecule has 1 aromatic heterocycles.